The number of methoxy groups -OCH3 is 1. The Labute approximate surface area is 122 Å². The van der Waals surface area contributed by atoms with Crippen molar-refractivity contribution in [2.75, 3.05) is 44.8 Å². The van der Waals surface area contributed by atoms with Gasteiger partial charge in [0.1, 0.15) is 11.9 Å². The normalized spacial score (nSPS) is 17.6. The number of nitrogens with zero attached hydrogens (tertiary/aromatic N) is 1. The lowest BCUT2D eigenvalue weighted by atomic mass is 10.1. The van der Waals surface area contributed by atoms with E-state index < -0.39 is 0 Å². The fourth-order valence-corrected chi connectivity index (χ4v) is 2.64. The Balaban J connectivity index is 2.04. The first-order chi connectivity index (χ1) is 9.70. The van der Waals surface area contributed by atoms with E-state index in [1.165, 1.54) is 17.7 Å². The van der Waals surface area contributed by atoms with Crippen molar-refractivity contribution in [1.29, 1.82) is 0 Å². The molecule has 0 bridgehead atoms. The van der Waals surface area contributed by atoms with Crippen molar-refractivity contribution >= 4 is 5.69 Å². The fraction of sp³-hybridized carbons (Fsp3) is 0.625. The average Bonchev–Trinajstić information content (AvgIpc) is 2.68. The van der Waals surface area contributed by atoms with Gasteiger partial charge in [0.2, 0.25) is 0 Å². The molecule has 1 aromatic carbocycles. The molecule has 1 atom stereocenters. The van der Waals surface area contributed by atoms with E-state index >= 15 is 0 Å². The quantitative estimate of drug-likeness (QED) is 0.895. The van der Waals surface area contributed by atoms with E-state index in [4.69, 9.17) is 9.47 Å². The van der Waals surface area contributed by atoms with Gasteiger partial charge < -0.3 is 19.7 Å². The Kier molecular flexibility index (Phi) is 5.68. The molecule has 1 N–H and O–H groups in total. The lowest BCUT2D eigenvalue weighted by molar-refractivity contribution is 0.0920. The van der Waals surface area contributed by atoms with E-state index in [9.17, 15) is 0 Å². The highest BCUT2D eigenvalue weighted by atomic mass is 16.5. The zero-order valence-electron chi connectivity index (χ0n) is 12.8. The molecule has 112 valence electrons. The predicted molar refractivity (Wildman–Crippen MR) is 82.8 cm³/mol. The van der Waals surface area contributed by atoms with Gasteiger partial charge in [-0.15, -0.1) is 0 Å². The molecule has 1 unspecified atom stereocenters. The van der Waals surface area contributed by atoms with Crippen LogP contribution in [0.3, 0.4) is 0 Å². The number of hydrogen-bond donors (Lipinski definition) is 1. The summed E-state index contributed by atoms with van der Waals surface area (Å²) in [5.74, 6) is 0.920. The van der Waals surface area contributed by atoms with Crippen molar-refractivity contribution < 1.29 is 9.47 Å². The first kappa shape index (κ1) is 15.1. The minimum Gasteiger partial charge on any atom is -0.488 e. The predicted octanol–water partition coefficient (Wildman–Crippen LogP) is 2.21. The van der Waals surface area contributed by atoms with E-state index in [2.05, 4.69) is 35.3 Å². The summed E-state index contributed by atoms with van der Waals surface area (Å²) in [6.45, 7) is 9.15. The van der Waals surface area contributed by atoms with Crippen LogP contribution in [0.15, 0.2) is 18.2 Å². The van der Waals surface area contributed by atoms with Crippen molar-refractivity contribution in [3.63, 3.8) is 0 Å². The third-order valence-electron chi connectivity index (χ3n) is 3.59. The number of aryl methyl sites for hydroxylation is 1. The topological polar surface area (TPSA) is 33.7 Å². The van der Waals surface area contributed by atoms with Gasteiger partial charge in [0.15, 0.2) is 0 Å². The van der Waals surface area contributed by atoms with Crippen LogP contribution in [-0.4, -0.2) is 46.0 Å². The molecule has 0 amide bonds. The summed E-state index contributed by atoms with van der Waals surface area (Å²) in [5, 5.41) is 3.44. The maximum absolute atomic E-state index is 5.85. The first-order valence-electron chi connectivity index (χ1n) is 7.42. The standard InChI is InChI=1S/C16H26N2O2/c1-13-11-15(20-14(2)12-19-3)5-6-16(13)18-9-4-7-17-8-10-18/h5-6,11,14,17H,4,7-10,12H2,1-3H3. The van der Waals surface area contributed by atoms with E-state index in [0.717, 1.165) is 31.9 Å². The first-order valence-corrected chi connectivity index (χ1v) is 7.42. The van der Waals surface area contributed by atoms with E-state index in [1.54, 1.807) is 7.11 Å². The molecule has 0 radical (unpaired) electrons. The molecular formula is C16H26N2O2. The van der Waals surface area contributed by atoms with Crippen LogP contribution in [0.2, 0.25) is 0 Å². The fourth-order valence-electron chi connectivity index (χ4n) is 2.64. The van der Waals surface area contributed by atoms with E-state index in [-0.39, 0.29) is 6.10 Å². The van der Waals surface area contributed by atoms with Crippen LogP contribution in [0.5, 0.6) is 5.75 Å². The minimum atomic E-state index is 0.0765. The number of ether oxygens (including phenoxy) is 2. The summed E-state index contributed by atoms with van der Waals surface area (Å²) >= 11 is 0. The molecule has 4 heteroatoms. The van der Waals surface area contributed by atoms with Gasteiger partial charge in [-0.3, -0.25) is 0 Å². The zero-order chi connectivity index (χ0) is 14.4. The SMILES string of the molecule is COCC(C)Oc1ccc(N2CCCNCC2)c(C)c1. The summed E-state index contributed by atoms with van der Waals surface area (Å²) in [6.07, 6.45) is 1.27. The second-order valence-electron chi connectivity index (χ2n) is 5.42. The summed E-state index contributed by atoms with van der Waals surface area (Å²) in [5.41, 5.74) is 2.59. The van der Waals surface area contributed by atoms with Crippen LogP contribution < -0.4 is 15.0 Å². The third kappa shape index (κ3) is 4.12. The maximum Gasteiger partial charge on any atom is 0.120 e. The molecule has 4 nitrogen and oxygen atoms in total. The lowest BCUT2D eigenvalue weighted by Crippen LogP contribution is -2.28. The van der Waals surface area contributed by atoms with Gasteiger partial charge in [-0.1, -0.05) is 0 Å². The highest BCUT2D eigenvalue weighted by Crippen LogP contribution is 2.26. The van der Waals surface area contributed by atoms with E-state index in [0.29, 0.717) is 6.61 Å². The molecule has 1 fully saturated rings. The van der Waals surface area contributed by atoms with Gasteiger partial charge in [-0.05, 0) is 50.6 Å². The van der Waals surface area contributed by atoms with Crippen molar-refractivity contribution in [3.05, 3.63) is 23.8 Å². The summed E-state index contributed by atoms with van der Waals surface area (Å²) in [4.78, 5) is 2.46. The Morgan fingerprint density at radius 1 is 1.30 bits per heavy atom. The lowest BCUT2D eigenvalue weighted by Gasteiger charge is -2.25. The molecule has 1 aromatic rings. The second-order valence-corrected chi connectivity index (χ2v) is 5.42. The van der Waals surface area contributed by atoms with Crippen LogP contribution in [0.4, 0.5) is 5.69 Å². The highest BCUT2D eigenvalue weighted by molar-refractivity contribution is 5.56. The van der Waals surface area contributed by atoms with Gasteiger partial charge in [-0.2, -0.15) is 0 Å². The van der Waals surface area contributed by atoms with Gasteiger partial charge in [0, 0.05) is 32.4 Å². The van der Waals surface area contributed by atoms with Gasteiger partial charge >= 0.3 is 0 Å². The summed E-state index contributed by atoms with van der Waals surface area (Å²) in [7, 11) is 1.70. The molecule has 1 aliphatic rings. The molecule has 1 saturated heterocycles. The number of anilines is 1. The van der Waals surface area contributed by atoms with Crippen molar-refractivity contribution in [3.8, 4) is 5.75 Å². The largest absolute Gasteiger partial charge is 0.488 e. The molecule has 1 aliphatic heterocycles. The minimum absolute atomic E-state index is 0.0765. The number of hydrogen-bond acceptors (Lipinski definition) is 4. The van der Waals surface area contributed by atoms with Crippen LogP contribution in [0, 0.1) is 6.92 Å². The van der Waals surface area contributed by atoms with Crippen LogP contribution in [0.1, 0.15) is 18.9 Å². The van der Waals surface area contributed by atoms with Crippen LogP contribution in [0.25, 0.3) is 0 Å². The third-order valence-corrected chi connectivity index (χ3v) is 3.59. The summed E-state index contributed by atoms with van der Waals surface area (Å²) < 4.78 is 10.9. The average molecular weight is 278 g/mol. The maximum atomic E-state index is 5.85. The summed E-state index contributed by atoms with van der Waals surface area (Å²) in [6, 6.07) is 6.36. The molecule has 0 aromatic heterocycles. The Bertz CT molecular complexity index is 415. The molecule has 2 rings (SSSR count). The van der Waals surface area contributed by atoms with Crippen LogP contribution >= 0.6 is 0 Å². The molecule has 0 saturated carbocycles. The van der Waals surface area contributed by atoms with Crippen molar-refractivity contribution in [2.24, 2.45) is 0 Å². The highest BCUT2D eigenvalue weighted by Gasteiger charge is 2.12. The monoisotopic (exact) mass is 278 g/mol. The molecule has 0 spiro atoms. The van der Waals surface area contributed by atoms with Crippen LogP contribution in [-0.2, 0) is 4.74 Å². The number of benzene rings is 1. The smallest absolute Gasteiger partial charge is 0.120 e. The Morgan fingerprint density at radius 3 is 2.90 bits per heavy atom. The Hall–Kier alpha value is -1.26. The van der Waals surface area contributed by atoms with Gasteiger partial charge in [-0.25, -0.2) is 0 Å². The van der Waals surface area contributed by atoms with E-state index in [1.807, 2.05) is 6.92 Å². The molecule has 20 heavy (non-hydrogen) atoms. The number of rotatable bonds is 5. The molecular weight excluding hydrogens is 252 g/mol. The van der Waals surface area contributed by atoms with Crippen molar-refractivity contribution in [1.82, 2.24) is 5.32 Å². The molecule has 1 heterocycles. The Morgan fingerprint density at radius 2 is 2.15 bits per heavy atom. The van der Waals surface area contributed by atoms with Crippen molar-refractivity contribution in [2.45, 2.75) is 26.4 Å². The zero-order valence-corrected chi connectivity index (χ0v) is 12.8. The molecule has 0 aliphatic carbocycles. The number of nitrogens with one attached hydrogen (secondary N) is 1. The van der Waals surface area contributed by atoms with Gasteiger partial charge in [0.25, 0.3) is 0 Å². The van der Waals surface area contributed by atoms with Gasteiger partial charge in [0.05, 0.1) is 6.61 Å². The second kappa shape index (κ2) is 7.50.